The van der Waals surface area contributed by atoms with E-state index in [1.165, 1.54) is 19.3 Å². The van der Waals surface area contributed by atoms with Crippen LogP contribution in [0.4, 0.5) is 0 Å². The summed E-state index contributed by atoms with van der Waals surface area (Å²) in [4.78, 5) is 28.0. The third-order valence-corrected chi connectivity index (χ3v) is 7.26. The van der Waals surface area contributed by atoms with E-state index in [9.17, 15) is 9.59 Å². The van der Waals surface area contributed by atoms with Gasteiger partial charge in [-0.2, -0.15) is 11.8 Å². The van der Waals surface area contributed by atoms with E-state index in [-0.39, 0.29) is 23.9 Å². The summed E-state index contributed by atoms with van der Waals surface area (Å²) in [6.07, 6.45) is 7.88. The van der Waals surface area contributed by atoms with Gasteiger partial charge in [-0.05, 0) is 42.8 Å². The lowest BCUT2D eigenvalue weighted by atomic mass is 9.80. The number of nitrogens with zero attached hydrogens (tertiary/aromatic N) is 1. The molecule has 1 aromatic rings. The molecule has 3 aliphatic rings. The molecule has 26 heavy (non-hydrogen) atoms. The topological polar surface area (TPSA) is 49.4 Å². The monoisotopic (exact) mass is 372 g/mol. The average molecular weight is 373 g/mol. The summed E-state index contributed by atoms with van der Waals surface area (Å²) < 4.78 is 0. The van der Waals surface area contributed by atoms with Gasteiger partial charge in [0.15, 0.2) is 0 Å². The molecule has 5 heteroatoms. The molecule has 2 saturated heterocycles. The van der Waals surface area contributed by atoms with E-state index in [0.29, 0.717) is 6.42 Å². The Morgan fingerprint density at radius 2 is 1.77 bits per heavy atom. The molecule has 140 valence electrons. The van der Waals surface area contributed by atoms with Crippen molar-refractivity contribution in [3.05, 3.63) is 35.9 Å². The van der Waals surface area contributed by atoms with E-state index in [2.05, 4.69) is 17.4 Å². The molecule has 1 saturated carbocycles. The SMILES string of the molecule is O=C1CC(c2ccccc2)N1C1(C(=O)NC2CCCCC2)CCSCC1. The molecular weight excluding hydrogens is 344 g/mol. The van der Waals surface area contributed by atoms with Crippen LogP contribution in [0.15, 0.2) is 30.3 Å². The Hall–Kier alpha value is -1.49. The van der Waals surface area contributed by atoms with Crippen molar-refractivity contribution in [2.24, 2.45) is 0 Å². The summed E-state index contributed by atoms with van der Waals surface area (Å²) in [6.45, 7) is 0. The predicted molar refractivity (Wildman–Crippen MR) is 105 cm³/mol. The van der Waals surface area contributed by atoms with Crippen molar-refractivity contribution in [2.75, 3.05) is 11.5 Å². The molecule has 4 nitrogen and oxygen atoms in total. The van der Waals surface area contributed by atoms with Crippen LogP contribution in [0.3, 0.4) is 0 Å². The van der Waals surface area contributed by atoms with Crippen molar-refractivity contribution < 1.29 is 9.59 Å². The molecule has 2 amide bonds. The maximum Gasteiger partial charge on any atom is 0.246 e. The van der Waals surface area contributed by atoms with E-state index in [1.54, 1.807) is 0 Å². The number of thioether (sulfide) groups is 1. The maximum absolute atomic E-state index is 13.4. The summed E-state index contributed by atoms with van der Waals surface area (Å²) in [5.74, 6) is 2.12. The smallest absolute Gasteiger partial charge is 0.246 e. The second-order valence-electron chi connectivity index (χ2n) is 7.85. The number of nitrogens with one attached hydrogen (secondary N) is 1. The van der Waals surface area contributed by atoms with Gasteiger partial charge in [0.05, 0.1) is 12.5 Å². The fourth-order valence-electron chi connectivity index (χ4n) is 4.75. The molecule has 2 heterocycles. The first-order valence-corrected chi connectivity index (χ1v) is 11.1. The van der Waals surface area contributed by atoms with E-state index in [4.69, 9.17) is 0 Å². The van der Waals surface area contributed by atoms with Crippen molar-refractivity contribution >= 4 is 23.6 Å². The van der Waals surface area contributed by atoms with Crippen LogP contribution in [0.2, 0.25) is 0 Å². The number of carbonyl (C=O) groups excluding carboxylic acids is 2. The molecule has 0 aromatic heterocycles. The average Bonchev–Trinajstić information content (AvgIpc) is 2.68. The second-order valence-corrected chi connectivity index (χ2v) is 9.07. The quantitative estimate of drug-likeness (QED) is 0.821. The second kappa shape index (κ2) is 7.63. The van der Waals surface area contributed by atoms with Gasteiger partial charge in [0.25, 0.3) is 0 Å². The molecule has 0 bridgehead atoms. The van der Waals surface area contributed by atoms with Crippen LogP contribution < -0.4 is 5.32 Å². The van der Waals surface area contributed by atoms with Gasteiger partial charge in [-0.15, -0.1) is 0 Å². The summed E-state index contributed by atoms with van der Waals surface area (Å²) in [7, 11) is 0. The Morgan fingerprint density at radius 1 is 1.08 bits per heavy atom. The zero-order valence-electron chi connectivity index (χ0n) is 15.3. The van der Waals surface area contributed by atoms with Gasteiger partial charge >= 0.3 is 0 Å². The third kappa shape index (κ3) is 3.26. The first kappa shape index (κ1) is 17.9. The molecule has 1 aliphatic carbocycles. The van der Waals surface area contributed by atoms with E-state index < -0.39 is 5.54 Å². The van der Waals surface area contributed by atoms with Crippen LogP contribution in [-0.4, -0.2) is 39.8 Å². The number of hydrogen-bond donors (Lipinski definition) is 1. The highest BCUT2D eigenvalue weighted by atomic mass is 32.2. The Bertz CT molecular complexity index is 651. The van der Waals surface area contributed by atoms with Crippen molar-refractivity contribution in [1.82, 2.24) is 10.2 Å². The highest BCUT2D eigenvalue weighted by Gasteiger charge is 2.55. The molecule has 0 radical (unpaired) electrons. The number of hydrogen-bond acceptors (Lipinski definition) is 3. The molecule has 2 aliphatic heterocycles. The Morgan fingerprint density at radius 3 is 2.42 bits per heavy atom. The maximum atomic E-state index is 13.4. The summed E-state index contributed by atoms with van der Waals surface area (Å²) in [5, 5.41) is 3.33. The van der Waals surface area contributed by atoms with Gasteiger partial charge < -0.3 is 10.2 Å². The fourth-order valence-corrected chi connectivity index (χ4v) is 5.92. The minimum absolute atomic E-state index is 0.0453. The molecule has 1 atom stereocenters. The number of β-lactam (4-membered cyclic amide) rings is 1. The van der Waals surface area contributed by atoms with Crippen LogP contribution >= 0.6 is 11.8 Å². The van der Waals surface area contributed by atoms with Crippen molar-refractivity contribution in [2.45, 2.75) is 69.0 Å². The minimum atomic E-state index is -0.654. The molecule has 1 N–H and O–H groups in total. The van der Waals surface area contributed by atoms with Crippen molar-refractivity contribution in [3.8, 4) is 0 Å². The Balaban J connectivity index is 1.58. The number of benzene rings is 1. The highest BCUT2D eigenvalue weighted by Crippen LogP contribution is 2.46. The largest absolute Gasteiger partial charge is 0.351 e. The van der Waals surface area contributed by atoms with Gasteiger partial charge in [-0.3, -0.25) is 9.59 Å². The number of rotatable bonds is 4. The van der Waals surface area contributed by atoms with Crippen LogP contribution in [-0.2, 0) is 9.59 Å². The molecule has 0 spiro atoms. The Labute approximate surface area is 160 Å². The van der Waals surface area contributed by atoms with Gasteiger partial charge in [0.2, 0.25) is 11.8 Å². The lowest BCUT2D eigenvalue weighted by molar-refractivity contribution is -0.166. The van der Waals surface area contributed by atoms with Gasteiger partial charge in [-0.1, -0.05) is 49.6 Å². The van der Waals surface area contributed by atoms with Crippen molar-refractivity contribution in [3.63, 3.8) is 0 Å². The summed E-state index contributed by atoms with van der Waals surface area (Å²) >= 11 is 1.89. The standard InChI is InChI=1S/C21H28N2O2S/c24-19-15-18(16-7-3-1-4-8-16)23(19)21(11-13-26-14-12-21)20(25)22-17-9-5-2-6-10-17/h1,3-4,7-8,17-18H,2,5-6,9-15H2,(H,22,25). The van der Waals surface area contributed by atoms with Gasteiger partial charge in [0.1, 0.15) is 5.54 Å². The zero-order chi connectivity index (χ0) is 18.0. The summed E-state index contributed by atoms with van der Waals surface area (Å²) in [6, 6.07) is 10.5. The third-order valence-electron chi connectivity index (χ3n) is 6.28. The zero-order valence-corrected chi connectivity index (χ0v) is 16.1. The van der Waals surface area contributed by atoms with E-state index in [0.717, 1.165) is 42.8 Å². The molecule has 1 unspecified atom stereocenters. The molecule has 3 fully saturated rings. The fraction of sp³-hybridized carbons (Fsp3) is 0.619. The van der Waals surface area contributed by atoms with Crippen LogP contribution in [0.5, 0.6) is 0 Å². The number of likely N-dealkylation sites (tertiary alicyclic amines) is 1. The molecule has 4 rings (SSSR count). The molecule has 1 aromatic carbocycles. The lowest BCUT2D eigenvalue weighted by Gasteiger charge is -2.54. The van der Waals surface area contributed by atoms with E-state index in [1.807, 2.05) is 34.9 Å². The predicted octanol–water partition coefficient (Wildman–Crippen LogP) is 3.67. The first-order valence-electron chi connectivity index (χ1n) is 9.96. The lowest BCUT2D eigenvalue weighted by Crippen LogP contribution is -2.68. The Kier molecular flexibility index (Phi) is 5.25. The molecular formula is C21H28N2O2S. The van der Waals surface area contributed by atoms with Crippen LogP contribution in [0.1, 0.15) is 63.0 Å². The van der Waals surface area contributed by atoms with E-state index >= 15 is 0 Å². The summed E-state index contributed by atoms with van der Waals surface area (Å²) in [5.41, 5.74) is 0.494. The van der Waals surface area contributed by atoms with Gasteiger partial charge in [-0.25, -0.2) is 0 Å². The number of amides is 2. The number of carbonyl (C=O) groups is 2. The van der Waals surface area contributed by atoms with Crippen LogP contribution in [0.25, 0.3) is 0 Å². The van der Waals surface area contributed by atoms with Crippen molar-refractivity contribution in [1.29, 1.82) is 0 Å². The first-order chi connectivity index (χ1) is 12.7. The van der Waals surface area contributed by atoms with Gasteiger partial charge in [0, 0.05) is 6.04 Å². The highest BCUT2D eigenvalue weighted by molar-refractivity contribution is 7.99. The minimum Gasteiger partial charge on any atom is -0.351 e. The normalized spacial score (nSPS) is 26.2. The van der Waals surface area contributed by atoms with Crippen LogP contribution in [0, 0.1) is 0 Å².